The molecule has 0 saturated carbocycles. The van der Waals surface area contributed by atoms with Crippen molar-refractivity contribution in [3.05, 3.63) is 107 Å². The standard InChI is InChI=1S/C40H48FN5O/c41-32-21-22-42(27-32)39(45-25-19-30-11-3-7-15-35(30)45)37(43-23-17-28-9-1-5-13-33(28)43)38(44-24-18-29-10-2-6-14-34(29)44)40(47)46-26-20-31-12-4-8-16-36(31)46/h1-8,13-16,28-32,39H,9-12,17-27H2. The summed E-state index contributed by atoms with van der Waals surface area (Å²) in [5, 5.41) is 0. The van der Waals surface area contributed by atoms with E-state index in [4.69, 9.17) is 0 Å². The van der Waals surface area contributed by atoms with Gasteiger partial charge >= 0.3 is 0 Å². The van der Waals surface area contributed by atoms with E-state index in [9.17, 15) is 0 Å². The summed E-state index contributed by atoms with van der Waals surface area (Å²) in [5.41, 5.74) is 7.06. The van der Waals surface area contributed by atoms with E-state index in [1.54, 1.807) is 0 Å². The fourth-order valence-corrected chi connectivity index (χ4v) is 10.0. The van der Waals surface area contributed by atoms with Gasteiger partial charge in [0.2, 0.25) is 0 Å². The van der Waals surface area contributed by atoms with Gasteiger partial charge in [-0.2, -0.15) is 0 Å². The van der Waals surface area contributed by atoms with Gasteiger partial charge in [0, 0.05) is 85.7 Å². The summed E-state index contributed by atoms with van der Waals surface area (Å²) in [4.78, 5) is 27.7. The molecule has 7 heteroatoms. The highest BCUT2D eigenvalue weighted by Crippen LogP contribution is 2.47. The lowest BCUT2D eigenvalue weighted by Crippen LogP contribution is -2.53. The number of allylic oxidation sites excluding steroid dienone is 16. The smallest absolute Gasteiger partial charge is 0.276 e. The van der Waals surface area contributed by atoms with Gasteiger partial charge in [-0.15, -0.1) is 0 Å². The molecule has 6 nitrogen and oxygen atoms in total. The molecule has 246 valence electrons. The fourth-order valence-electron chi connectivity index (χ4n) is 10.0. The minimum absolute atomic E-state index is 0.129. The van der Waals surface area contributed by atoms with Crippen LogP contribution in [0.2, 0.25) is 0 Å². The van der Waals surface area contributed by atoms with Crippen LogP contribution in [0.1, 0.15) is 57.8 Å². The zero-order valence-corrected chi connectivity index (χ0v) is 27.5. The average molecular weight is 634 g/mol. The first-order chi connectivity index (χ1) is 23.2. The molecule has 5 aliphatic heterocycles. The molecule has 9 rings (SSSR count). The number of nitrogens with zero attached hydrogens (tertiary/aromatic N) is 5. The molecule has 6 unspecified atom stereocenters. The monoisotopic (exact) mass is 633 g/mol. The Labute approximate surface area is 279 Å². The van der Waals surface area contributed by atoms with E-state index in [0.29, 0.717) is 43.2 Å². The quantitative estimate of drug-likeness (QED) is 0.302. The molecular weight excluding hydrogens is 585 g/mol. The molecule has 0 bridgehead atoms. The Kier molecular flexibility index (Phi) is 7.63. The molecule has 5 heterocycles. The van der Waals surface area contributed by atoms with Crippen molar-refractivity contribution >= 4 is 5.91 Å². The maximum Gasteiger partial charge on any atom is 0.276 e. The second kappa shape index (κ2) is 12.1. The van der Waals surface area contributed by atoms with Crippen molar-refractivity contribution in [3.8, 4) is 0 Å². The summed E-state index contributed by atoms with van der Waals surface area (Å²) in [6.45, 7) is 4.50. The van der Waals surface area contributed by atoms with E-state index >= 15 is 9.18 Å². The first-order valence-electron chi connectivity index (χ1n) is 18.4. The van der Waals surface area contributed by atoms with Crippen molar-refractivity contribution in [2.45, 2.75) is 70.1 Å². The summed E-state index contributed by atoms with van der Waals surface area (Å²) in [6, 6.07) is 0. The van der Waals surface area contributed by atoms with Crippen LogP contribution in [-0.2, 0) is 4.79 Å². The Hall–Kier alpha value is -3.58. The highest BCUT2D eigenvalue weighted by molar-refractivity contribution is 5.96. The molecule has 0 aromatic heterocycles. The molecule has 5 saturated heterocycles. The second-order valence-electron chi connectivity index (χ2n) is 14.9. The van der Waals surface area contributed by atoms with Gasteiger partial charge in [-0.05, 0) is 82.1 Å². The van der Waals surface area contributed by atoms with E-state index in [-0.39, 0.29) is 12.1 Å². The first-order valence-corrected chi connectivity index (χ1v) is 18.4. The summed E-state index contributed by atoms with van der Waals surface area (Å²) < 4.78 is 15.3. The third-order valence-corrected chi connectivity index (χ3v) is 12.4. The number of alkyl halides is 1. The number of fused-ring (bicyclic) bond motifs is 4. The summed E-state index contributed by atoms with van der Waals surface area (Å²) in [5.74, 6) is 1.89. The molecule has 0 N–H and O–H groups in total. The topological polar surface area (TPSA) is 33.3 Å². The van der Waals surface area contributed by atoms with Crippen molar-refractivity contribution in [1.29, 1.82) is 0 Å². The Morgan fingerprint density at radius 2 is 1.09 bits per heavy atom. The van der Waals surface area contributed by atoms with Crippen LogP contribution in [0, 0.1) is 23.7 Å². The number of halogens is 1. The number of hydrogen-bond donors (Lipinski definition) is 0. The largest absolute Gasteiger partial charge is 0.354 e. The van der Waals surface area contributed by atoms with Crippen molar-refractivity contribution < 1.29 is 9.18 Å². The predicted octanol–water partition coefficient (Wildman–Crippen LogP) is 6.76. The zero-order valence-electron chi connectivity index (χ0n) is 27.5. The van der Waals surface area contributed by atoms with Crippen molar-refractivity contribution in [2.75, 3.05) is 39.3 Å². The third kappa shape index (κ3) is 5.03. The van der Waals surface area contributed by atoms with Crippen LogP contribution in [-0.4, -0.2) is 82.0 Å². The summed E-state index contributed by atoms with van der Waals surface area (Å²) >= 11 is 0. The van der Waals surface area contributed by atoms with Crippen LogP contribution in [0.5, 0.6) is 0 Å². The second-order valence-corrected chi connectivity index (χ2v) is 14.9. The Morgan fingerprint density at radius 1 is 0.596 bits per heavy atom. The van der Waals surface area contributed by atoms with Gasteiger partial charge in [0.15, 0.2) is 0 Å². The molecule has 47 heavy (non-hydrogen) atoms. The fraction of sp³-hybridized carbons (Fsp3) is 0.525. The highest BCUT2D eigenvalue weighted by atomic mass is 19.1. The summed E-state index contributed by atoms with van der Waals surface area (Å²) in [6.07, 6.45) is 34.7. The average Bonchev–Trinajstić information content (AvgIpc) is 3.95. The number of rotatable bonds is 6. The minimum atomic E-state index is -0.847. The van der Waals surface area contributed by atoms with Crippen LogP contribution < -0.4 is 0 Å². The molecule has 0 aromatic carbocycles. The zero-order chi connectivity index (χ0) is 31.5. The molecular formula is C40H48FN5O. The van der Waals surface area contributed by atoms with Crippen LogP contribution in [0.25, 0.3) is 0 Å². The maximum atomic E-state index is 15.6. The molecule has 1 amide bonds. The van der Waals surface area contributed by atoms with Crippen molar-refractivity contribution in [2.24, 2.45) is 23.7 Å². The molecule has 9 aliphatic rings. The van der Waals surface area contributed by atoms with E-state index in [1.807, 2.05) is 0 Å². The Balaban J connectivity index is 1.28. The van der Waals surface area contributed by atoms with Gasteiger partial charge in [-0.3, -0.25) is 9.69 Å². The number of hydrogen-bond acceptors (Lipinski definition) is 5. The number of amides is 1. The molecule has 0 radical (unpaired) electrons. The Bertz CT molecular complexity index is 1590. The number of carbonyl (C=O) groups is 1. The lowest BCUT2D eigenvalue weighted by molar-refractivity contribution is -0.126. The van der Waals surface area contributed by atoms with Crippen LogP contribution in [0.4, 0.5) is 4.39 Å². The molecule has 0 aromatic rings. The molecule has 0 spiro atoms. The van der Waals surface area contributed by atoms with E-state index in [2.05, 4.69) is 97.4 Å². The van der Waals surface area contributed by atoms with Crippen LogP contribution in [0.3, 0.4) is 0 Å². The van der Waals surface area contributed by atoms with Gasteiger partial charge in [0.25, 0.3) is 5.91 Å². The summed E-state index contributed by atoms with van der Waals surface area (Å²) in [7, 11) is 0. The van der Waals surface area contributed by atoms with Gasteiger partial charge < -0.3 is 19.6 Å². The van der Waals surface area contributed by atoms with E-state index in [0.717, 1.165) is 88.9 Å². The van der Waals surface area contributed by atoms with E-state index < -0.39 is 6.17 Å². The first kappa shape index (κ1) is 29.6. The lowest BCUT2D eigenvalue weighted by Gasteiger charge is -2.45. The van der Waals surface area contributed by atoms with Gasteiger partial charge in [0.05, 0.1) is 5.70 Å². The van der Waals surface area contributed by atoms with Crippen LogP contribution in [0.15, 0.2) is 107 Å². The number of likely N-dealkylation sites (tertiary alicyclic amines) is 5. The molecule has 4 aliphatic carbocycles. The van der Waals surface area contributed by atoms with E-state index in [1.165, 1.54) is 22.8 Å². The minimum Gasteiger partial charge on any atom is -0.354 e. The normalized spacial score (nSPS) is 33.7. The predicted molar refractivity (Wildman–Crippen MR) is 184 cm³/mol. The third-order valence-electron chi connectivity index (χ3n) is 12.4. The van der Waals surface area contributed by atoms with Gasteiger partial charge in [-0.1, -0.05) is 48.6 Å². The molecule has 5 fully saturated rings. The Morgan fingerprint density at radius 3 is 1.68 bits per heavy atom. The molecule has 6 atom stereocenters. The SMILES string of the molecule is O=C(C(=C(C(N1CCC(F)C1)N1CCC2CC=CC=C21)N1CCC2CC=CC=C21)N1CCC2CC=CC=C21)N1CCC2CC=CC=C21. The number of carbonyl (C=O) groups excluding carboxylic acids is 1. The van der Waals surface area contributed by atoms with Gasteiger partial charge in [-0.25, -0.2) is 4.39 Å². The van der Waals surface area contributed by atoms with Crippen molar-refractivity contribution in [3.63, 3.8) is 0 Å². The van der Waals surface area contributed by atoms with Gasteiger partial charge in [0.1, 0.15) is 18.0 Å². The highest BCUT2D eigenvalue weighted by Gasteiger charge is 2.49. The maximum absolute atomic E-state index is 15.6. The lowest BCUT2D eigenvalue weighted by atomic mass is 9.96. The van der Waals surface area contributed by atoms with Crippen LogP contribution >= 0.6 is 0 Å². The van der Waals surface area contributed by atoms with Crippen molar-refractivity contribution in [1.82, 2.24) is 24.5 Å².